The van der Waals surface area contributed by atoms with Crippen molar-refractivity contribution in [2.24, 2.45) is 5.41 Å². The monoisotopic (exact) mass is 465 g/mol. The van der Waals surface area contributed by atoms with Gasteiger partial charge in [-0.1, -0.05) is 24.0 Å². The lowest BCUT2D eigenvalue weighted by atomic mass is 9.95. The fourth-order valence-corrected chi connectivity index (χ4v) is 4.73. The summed E-state index contributed by atoms with van der Waals surface area (Å²) >= 11 is 0. The molecule has 6 rings (SSSR count). The maximum absolute atomic E-state index is 15.1. The van der Waals surface area contributed by atoms with Crippen molar-refractivity contribution in [3.63, 3.8) is 0 Å². The Hall–Kier alpha value is -3.67. The maximum Gasteiger partial charge on any atom is 0.405 e. The number of rotatable bonds is 1. The summed E-state index contributed by atoms with van der Waals surface area (Å²) in [5, 5.41) is 8.57. The van der Waals surface area contributed by atoms with Gasteiger partial charge in [-0.05, 0) is 62.4 Å². The SMILES string of the molecule is Cc1nnc2nc(N3CCCc4c(C#CC5(C(F)(F)F)CC5)cccc43)c3c(F)cccc3n12. The second-order valence-corrected chi connectivity index (χ2v) is 8.84. The molecule has 0 bridgehead atoms. The van der Waals surface area contributed by atoms with Gasteiger partial charge in [0.05, 0.1) is 10.9 Å². The Bertz CT molecular complexity index is 1520. The van der Waals surface area contributed by atoms with E-state index in [1.807, 2.05) is 11.0 Å². The van der Waals surface area contributed by atoms with Crippen molar-refractivity contribution in [1.82, 2.24) is 19.6 Å². The smallest absolute Gasteiger partial charge is 0.325 e. The van der Waals surface area contributed by atoms with Crippen LogP contribution in [0.2, 0.25) is 0 Å². The Morgan fingerprint density at radius 1 is 1.06 bits per heavy atom. The number of halogens is 4. The Kier molecular flexibility index (Phi) is 4.40. The molecule has 2 aromatic carbocycles. The highest BCUT2D eigenvalue weighted by Crippen LogP contribution is 2.57. The molecule has 0 radical (unpaired) electrons. The number of nitrogens with zero attached hydrogens (tertiary/aromatic N) is 5. The van der Waals surface area contributed by atoms with E-state index in [4.69, 9.17) is 0 Å². The lowest BCUT2D eigenvalue weighted by Crippen LogP contribution is -2.27. The predicted octanol–water partition coefficient (Wildman–Crippen LogP) is 5.50. The Morgan fingerprint density at radius 2 is 1.85 bits per heavy atom. The van der Waals surface area contributed by atoms with Crippen LogP contribution in [-0.2, 0) is 6.42 Å². The van der Waals surface area contributed by atoms with Crippen molar-refractivity contribution in [3.05, 3.63) is 59.2 Å². The second-order valence-electron chi connectivity index (χ2n) is 8.84. The molecule has 0 atom stereocenters. The number of benzene rings is 2. The van der Waals surface area contributed by atoms with E-state index in [2.05, 4.69) is 27.0 Å². The van der Waals surface area contributed by atoms with Gasteiger partial charge in [-0.25, -0.2) is 4.39 Å². The van der Waals surface area contributed by atoms with Gasteiger partial charge in [0.25, 0.3) is 5.78 Å². The zero-order chi connectivity index (χ0) is 23.7. The van der Waals surface area contributed by atoms with E-state index in [0.29, 0.717) is 46.9 Å². The summed E-state index contributed by atoms with van der Waals surface area (Å²) in [4.78, 5) is 6.57. The third-order valence-electron chi connectivity index (χ3n) is 6.71. The van der Waals surface area contributed by atoms with Crippen LogP contribution < -0.4 is 4.90 Å². The number of fused-ring (bicyclic) bond motifs is 4. The van der Waals surface area contributed by atoms with Crippen molar-refractivity contribution < 1.29 is 17.6 Å². The first kappa shape index (κ1) is 20.9. The topological polar surface area (TPSA) is 46.3 Å². The van der Waals surface area contributed by atoms with E-state index in [-0.39, 0.29) is 12.8 Å². The highest BCUT2D eigenvalue weighted by Gasteiger charge is 2.62. The van der Waals surface area contributed by atoms with Crippen molar-refractivity contribution in [3.8, 4) is 11.8 Å². The lowest BCUT2D eigenvalue weighted by Gasteiger charge is -2.32. The van der Waals surface area contributed by atoms with E-state index in [1.165, 1.54) is 6.07 Å². The molecule has 1 aliphatic carbocycles. The van der Waals surface area contributed by atoms with Crippen LogP contribution in [0.4, 0.5) is 29.1 Å². The van der Waals surface area contributed by atoms with Gasteiger partial charge in [0.1, 0.15) is 22.9 Å². The highest BCUT2D eigenvalue weighted by atomic mass is 19.4. The molecule has 1 saturated carbocycles. The van der Waals surface area contributed by atoms with Gasteiger partial charge in [-0.2, -0.15) is 18.2 Å². The lowest BCUT2D eigenvalue weighted by molar-refractivity contribution is -0.168. The van der Waals surface area contributed by atoms with Gasteiger partial charge in [0, 0.05) is 17.8 Å². The zero-order valence-electron chi connectivity index (χ0n) is 18.2. The first-order valence-electron chi connectivity index (χ1n) is 11.1. The summed E-state index contributed by atoms with van der Waals surface area (Å²) in [6, 6.07) is 10.2. The van der Waals surface area contributed by atoms with Crippen molar-refractivity contribution in [2.75, 3.05) is 11.4 Å². The summed E-state index contributed by atoms with van der Waals surface area (Å²) in [5.41, 5.74) is 0.908. The number of hydrogen-bond donors (Lipinski definition) is 0. The molecular formula is C25H19F4N5. The Morgan fingerprint density at radius 3 is 2.62 bits per heavy atom. The van der Waals surface area contributed by atoms with Crippen LogP contribution in [0.25, 0.3) is 16.7 Å². The van der Waals surface area contributed by atoms with Crippen molar-refractivity contribution >= 4 is 28.2 Å². The van der Waals surface area contributed by atoms with E-state index in [9.17, 15) is 13.2 Å². The summed E-state index contributed by atoms with van der Waals surface area (Å²) in [7, 11) is 0. The molecule has 5 nitrogen and oxygen atoms in total. The van der Waals surface area contributed by atoms with Crippen LogP contribution in [-0.4, -0.2) is 32.3 Å². The fraction of sp³-hybridized carbons (Fsp3) is 0.320. The first-order valence-corrected chi connectivity index (χ1v) is 11.1. The van der Waals surface area contributed by atoms with Crippen molar-refractivity contribution in [2.45, 2.75) is 38.8 Å². The average Bonchev–Trinajstić information content (AvgIpc) is 3.53. The minimum Gasteiger partial charge on any atom is -0.325 e. The number of aryl methyl sites for hydroxylation is 1. The molecule has 1 fully saturated rings. The standard InChI is InChI=1S/C25H19F4N5/c1-15-31-32-23-30-22(21-18(26)7-3-9-20(21)34(15)23)33-14-4-6-17-16(5-2-8-19(17)33)10-11-24(12-13-24)25(27,28)29/h2-3,5,7-9H,4,6,12-14H2,1H3. The van der Waals surface area contributed by atoms with Crippen LogP contribution >= 0.6 is 0 Å². The highest BCUT2D eigenvalue weighted by molar-refractivity contribution is 5.94. The summed E-state index contributed by atoms with van der Waals surface area (Å²) in [6.45, 7) is 2.36. The minimum absolute atomic E-state index is 0.0393. The van der Waals surface area contributed by atoms with E-state index in [1.54, 1.807) is 35.6 Å². The van der Waals surface area contributed by atoms with E-state index >= 15 is 4.39 Å². The van der Waals surface area contributed by atoms with Gasteiger partial charge in [0.15, 0.2) is 0 Å². The average molecular weight is 465 g/mol. The largest absolute Gasteiger partial charge is 0.405 e. The van der Waals surface area contributed by atoms with E-state index in [0.717, 1.165) is 17.7 Å². The molecule has 34 heavy (non-hydrogen) atoms. The van der Waals surface area contributed by atoms with Gasteiger partial charge >= 0.3 is 6.18 Å². The Labute approximate surface area is 192 Å². The molecule has 4 aromatic rings. The molecule has 0 N–H and O–H groups in total. The van der Waals surface area contributed by atoms with Gasteiger partial charge in [0.2, 0.25) is 0 Å². The number of alkyl halides is 3. The number of hydrogen-bond acceptors (Lipinski definition) is 4. The predicted molar refractivity (Wildman–Crippen MR) is 119 cm³/mol. The summed E-state index contributed by atoms with van der Waals surface area (Å²) in [5.74, 6) is 6.27. The van der Waals surface area contributed by atoms with Crippen LogP contribution in [0.1, 0.15) is 36.2 Å². The molecule has 0 saturated heterocycles. The van der Waals surface area contributed by atoms with Gasteiger partial charge < -0.3 is 4.90 Å². The molecule has 2 aromatic heterocycles. The summed E-state index contributed by atoms with van der Waals surface area (Å²) < 4.78 is 57.0. The number of aromatic nitrogens is 4. The fourth-order valence-electron chi connectivity index (χ4n) is 4.73. The van der Waals surface area contributed by atoms with Crippen molar-refractivity contribution in [1.29, 1.82) is 0 Å². The molecule has 1 aliphatic heterocycles. The third-order valence-corrected chi connectivity index (χ3v) is 6.71. The second kappa shape index (κ2) is 7.16. The van der Waals surface area contributed by atoms with Crippen LogP contribution in [0.3, 0.4) is 0 Å². The van der Waals surface area contributed by atoms with Crippen LogP contribution in [0.5, 0.6) is 0 Å². The maximum atomic E-state index is 15.1. The molecular weight excluding hydrogens is 446 g/mol. The number of anilines is 2. The molecule has 2 aliphatic rings. The van der Waals surface area contributed by atoms with Gasteiger partial charge in [-0.15, -0.1) is 10.2 Å². The summed E-state index contributed by atoms with van der Waals surface area (Å²) in [6.07, 6.45) is -2.85. The molecule has 0 spiro atoms. The normalized spacial score (nSPS) is 16.9. The van der Waals surface area contributed by atoms with Crippen LogP contribution in [0, 0.1) is 30.0 Å². The molecule has 9 heteroatoms. The quantitative estimate of drug-likeness (QED) is 0.275. The molecule has 0 unspecified atom stereocenters. The Balaban J connectivity index is 1.52. The van der Waals surface area contributed by atoms with Crippen LogP contribution in [0.15, 0.2) is 36.4 Å². The van der Waals surface area contributed by atoms with Gasteiger partial charge in [-0.3, -0.25) is 4.40 Å². The van der Waals surface area contributed by atoms with E-state index < -0.39 is 17.4 Å². The zero-order valence-corrected chi connectivity index (χ0v) is 18.2. The first-order chi connectivity index (χ1) is 16.3. The molecule has 0 amide bonds. The minimum atomic E-state index is -4.33. The molecule has 172 valence electrons. The third kappa shape index (κ3) is 3.05. The molecule has 3 heterocycles.